The maximum Gasteiger partial charge on any atom is 0.490 e. The number of nitrogens with zero attached hydrogens (tertiary/aromatic N) is 2. The van der Waals surface area contributed by atoms with Gasteiger partial charge in [0.15, 0.2) is 5.69 Å². The highest BCUT2D eigenvalue weighted by molar-refractivity contribution is 6.09. The molecule has 1 atom stereocenters. The first-order valence-electron chi connectivity index (χ1n) is 10.3. The fourth-order valence-electron chi connectivity index (χ4n) is 3.52. The second kappa shape index (κ2) is 10.1. The lowest BCUT2D eigenvalue weighted by Gasteiger charge is -2.32. The van der Waals surface area contributed by atoms with Gasteiger partial charge in [0.2, 0.25) is 5.91 Å². The maximum atomic E-state index is 13.2. The van der Waals surface area contributed by atoms with Gasteiger partial charge in [0.05, 0.1) is 22.5 Å². The number of aromatic nitrogens is 1. The number of carboxylic acids is 1. The number of nitrogens with one attached hydrogen (secondary N) is 2. The first-order valence-corrected chi connectivity index (χ1v) is 10.3. The van der Waals surface area contributed by atoms with Crippen molar-refractivity contribution >= 4 is 23.5 Å². The van der Waals surface area contributed by atoms with Crippen LogP contribution in [0.4, 0.5) is 45.2 Å². The number of anilines is 1. The van der Waals surface area contributed by atoms with E-state index in [4.69, 9.17) is 9.90 Å². The molecule has 8 nitrogen and oxygen atoms in total. The number of alkyl halides is 9. The lowest BCUT2D eigenvalue weighted by atomic mass is 10.0. The Balaban J connectivity index is 0.000000505. The third-order valence-electron chi connectivity index (χ3n) is 5.29. The molecule has 206 valence electrons. The Bertz CT molecular complexity index is 1230. The van der Waals surface area contributed by atoms with Gasteiger partial charge in [-0.25, -0.2) is 9.78 Å². The van der Waals surface area contributed by atoms with Crippen LogP contribution >= 0.6 is 0 Å². The highest BCUT2D eigenvalue weighted by Gasteiger charge is 2.40. The zero-order valence-electron chi connectivity index (χ0n) is 18.6. The van der Waals surface area contributed by atoms with Gasteiger partial charge in [-0.3, -0.25) is 9.59 Å². The van der Waals surface area contributed by atoms with Gasteiger partial charge in [-0.1, -0.05) is 0 Å². The Morgan fingerprint density at radius 1 is 0.947 bits per heavy atom. The predicted octanol–water partition coefficient (Wildman–Crippen LogP) is 3.79. The molecule has 1 saturated heterocycles. The molecule has 38 heavy (non-hydrogen) atoms. The SMILES string of the molecule is O=C(O)C(F)(F)F.O=C1Nc2ccc(-c3cc(C(F)(F)F)cc(C(F)(F)F)c3)nc2C(=O)N2CCNC[C@@H]12. The zero-order chi connectivity index (χ0) is 28.6. The number of carboxylic acid groups (broad SMARTS) is 1. The zero-order valence-corrected chi connectivity index (χ0v) is 18.6. The van der Waals surface area contributed by atoms with Gasteiger partial charge in [0.25, 0.3) is 5.91 Å². The summed E-state index contributed by atoms with van der Waals surface area (Å²) in [5.74, 6) is -3.86. The van der Waals surface area contributed by atoms with Gasteiger partial charge in [0.1, 0.15) is 6.04 Å². The number of hydrogen-bond donors (Lipinski definition) is 3. The predicted molar refractivity (Wildman–Crippen MR) is 110 cm³/mol. The van der Waals surface area contributed by atoms with Gasteiger partial charge in [0, 0.05) is 25.2 Å². The summed E-state index contributed by atoms with van der Waals surface area (Å²) >= 11 is 0. The van der Waals surface area contributed by atoms with Crippen LogP contribution in [0, 0.1) is 0 Å². The molecule has 1 aromatic heterocycles. The summed E-state index contributed by atoms with van der Waals surface area (Å²) in [5.41, 5.74) is -3.90. The van der Waals surface area contributed by atoms with Crippen molar-refractivity contribution < 1.29 is 59.0 Å². The van der Waals surface area contributed by atoms with E-state index in [1.807, 2.05) is 0 Å². The second-order valence-electron chi connectivity index (χ2n) is 7.90. The van der Waals surface area contributed by atoms with Gasteiger partial charge in [-0.2, -0.15) is 39.5 Å². The molecule has 0 radical (unpaired) electrons. The number of hydrogen-bond acceptors (Lipinski definition) is 5. The van der Waals surface area contributed by atoms with Crippen molar-refractivity contribution in [3.63, 3.8) is 0 Å². The number of rotatable bonds is 1. The summed E-state index contributed by atoms with van der Waals surface area (Å²) in [4.78, 5) is 39.5. The average molecular weight is 558 g/mol. The molecule has 2 amide bonds. The first-order chi connectivity index (χ1) is 17.4. The molecule has 0 aliphatic carbocycles. The van der Waals surface area contributed by atoms with E-state index in [2.05, 4.69) is 15.6 Å². The highest BCUT2D eigenvalue weighted by atomic mass is 19.4. The molecule has 3 heterocycles. The van der Waals surface area contributed by atoms with E-state index < -0.39 is 59.0 Å². The summed E-state index contributed by atoms with van der Waals surface area (Å²) in [6, 6.07) is 2.69. The molecule has 0 bridgehead atoms. The van der Waals surface area contributed by atoms with Gasteiger partial charge in [-0.05, 0) is 30.3 Å². The third kappa shape index (κ3) is 6.32. The van der Waals surface area contributed by atoms with Gasteiger partial charge < -0.3 is 20.6 Å². The Morgan fingerprint density at radius 2 is 1.50 bits per heavy atom. The molecule has 17 heteroatoms. The highest BCUT2D eigenvalue weighted by Crippen LogP contribution is 2.39. The Kier molecular flexibility index (Phi) is 7.63. The molecule has 3 N–H and O–H groups in total. The number of benzene rings is 1. The quantitative estimate of drug-likeness (QED) is 0.460. The third-order valence-corrected chi connectivity index (χ3v) is 5.29. The van der Waals surface area contributed by atoms with Crippen LogP contribution in [0.15, 0.2) is 30.3 Å². The van der Waals surface area contributed by atoms with Crippen LogP contribution in [0.2, 0.25) is 0 Å². The fraction of sp³-hybridized carbons (Fsp3) is 0.333. The number of amides is 2. The maximum absolute atomic E-state index is 13.2. The Labute approximate surface area is 206 Å². The fourth-order valence-corrected chi connectivity index (χ4v) is 3.52. The number of carbonyl (C=O) groups excluding carboxylic acids is 2. The molecule has 4 rings (SSSR count). The van der Waals surface area contributed by atoms with Crippen LogP contribution in [-0.4, -0.2) is 64.6 Å². The van der Waals surface area contributed by atoms with E-state index in [0.717, 1.165) is 6.07 Å². The monoisotopic (exact) mass is 558 g/mol. The van der Waals surface area contributed by atoms with Crippen LogP contribution in [0.5, 0.6) is 0 Å². The lowest BCUT2D eigenvalue weighted by molar-refractivity contribution is -0.192. The van der Waals surface area contributed by atoms with E-state index in [1.165, 1.54) is 11.0 Å². The van der Waals surface area contributed by atoms with E-state index >= 15 is 0 Å². The minimum atomic E-state index is -5.08. The van der Waals surface area contributed by atoms with E-state index in [0.29, 0.717) is 18.7 Å². The standard InChI is InChI=1S/C19H14F6N4O2.C2HF3O2/c20-18(21,22)10-5-9(6-11(7-10)19(23,24)25)12-1-2-13-15(27-12)17(31)29-4-3-26-8-14(29)16(30)28-13;3-2(4,5)1(6)7/h1-2,5-7,14,26H,3-4,8H2,(H,28,30);(H,6,7)/t14-;/m0./s1. The average Bonchev–Trinajstić information content (AvgIpc) is 2.92. The van der Waals surface area contributed by atoms with E-state index in [1.54, 1.807) is 0 Å². The molecule has 1 fully saturated rings. The lowest BCUT2D eigenvalue weighted by Crippen LogP contribution is -2.57. The van der Waals surface area contributed by atoms with E-state index in [9.17, 15) is 49.1 Å². The minimum Gasteiger partial charge on any atom is -0.475 e. The molecule has 0 saturated carbocycles. The molecule has 0 spiro atoms. The molecule has 1 aromatic carbocycles. The first kappa shape index (κ1) is 28.7. The van der Waals surface area contributed by atoms with Gasteiger partial charge in [-0.15, -0.1) is 0 Å². The number of pyridine rings is 1. The molecule has 2 aromatic rings. The normalized spacial score (nSPS) is 17.9. The number of fused-ring (bicyclic) bond motifs is 2. The molecule has 2 aliphatic rings. The molecule has 0 unspecified atom stereocenters. The van der Waals surface area contributed by atoms with Crippen LogP contribution in [0.1, 0.15) is 21.6 Å². The van der Waals surface area contributed by atoms with Crippen LogP contribution in [0.3, 0.4) is 0 Å². The van der Waals surface area contributed by atoms with Crippen molar-refractivity contribution in [2.75, 3.05) is 25.0 Å². The number of piperazine rings is 1. The van der Waals surface area contributed by atoms with Crippen molar-refractivity contribution in [3.05, 3.63) is 47.2 Å². The number of halogens is 9. The summed E-state index contributed by atoms with van der Waals surface area (Å²) < 4.78 is 111. The molecular formula is C21H15F9N4O4. The van der Waals surface area contributed by atoms with Crippen molar-refractivity contribution in [1.29, 1.82) is 0 Å². The summed E-state index contributed by atoms with van der Waals surface area (Å²) in [6.07, 6.45) is -15.1. The van der Waals surface area contributed by atoms with Gasteiger partial charge >= 0.3 is 24.5 Å². The topological polar surface area (TPSA) is 112 Å². The summed E-state index contributed by atoms with van der Waals surface area (Å²) in [5, 5.41) is 12.6. The van der Waals surface area contributed by atoms with Crippen LogP contribution in [0.25, 0.3) is 11.3 Å². The molecule has 2 aliphatic heterocycles. The van der Waals surface area contributed by atoms with Crippen molar-refractivity contribution in [3.8, 4) is 11.3 Å². The molecular weight excluding hydrogens is 543 g/mol. The van der Waals surface area contributed by atoms with E-state index in [-0.39, 0.29) is 36.2 Å². The largest absolute Gasteiger partial charge is 0.490 e. The van der Waals surface area contributed by atoms with Crippen molar-refractivity contribution in [2.45, 2.75) is 24.6 Å². The van der Waals surface area contributed by atoms with Crippen molar-refractivity contribution in [1.82, 2.24) is 15.2 Å². The second-order valence-corrected chi connectivity index (χ2v) is 7.90. The van der Waals surface area contributed by atoms with Crippen LogP contribution in [-0.2, 0) is 21.9 Å². The number of aliphatic carboxylic acids is 1. The van der Waals surface area contributed by atoms with Crippen LogP contribution < -0.4 is 10.6 Å². The number of carbonyl (C=O) groups is 3. The summed E-state index contributed by atoms with van der Waals surface area (Å²) in [6.45, 7) is 0.832. The smallest absolute Gasteiger partial charge is 0.475 e. The Morgan fingerprint density at radius 3 is 2.00 bits per heavy atom. The summed E-state index contributed by atoms with van der Waals surface area (Å²) in [7, 11) is 0. The Hall–Kier alpha value is -3.89. The van der Waals surface area contributed by atoms with Crippen molar-refractivity contribution in [2.24, 2.45) is 0 Å². The minimum absolute atomic E-state index is 0.0175.